The maximum atomic E-state index is 15.9. The Morgan fingerprint density at radius 2 is 1.92 bits per heavy atom. The Balaban J connectivity index is 1.25. The van der Waals surface area contributed by atoms with Gasteiger partial charge in [-0.05, 0) is 125 Å². The second-order valence-electron chi connectivity index (χ2n) is 14.1. The molecule has 2 aliphatic rings. The van der Waals surface area contributed by atoms with E-state index in [-0.39, 0.29) is 29.5 Å². The number of amidine groups is 1. The molecular formula is C38H46F5N7O. The summed E-state index contributed by atoms with van der Waals surface area (Å²) in [6, 6.07) is 10.2. The summed E-state index contributed by atoms with van der Waals surface area (Å²) in [6.45, 7) is 2.28. The van der Waals surface area contributed by atoms with E-state index in [9.17, 15) is 22.4 Å². The van der Waals surface area contributed by atoms with E-state index in [0.29, 0.717) is 78.3 Å². The number of nitrogens with one attached hydrogen (secondary N) is 3. The van der Waals surface area contributed by atoms with Gasteiger partial charge in [0.25, 0.3) is 0 Å². The summed E-state index contributed by atoms with van der Waals surface area (Å²) in [7, 11) is 0. The first-order chi connectivity index (χ1) is 24.4. The number of benzene rings is 2. The molecule has 0 spiro atoms. The molecule has 0 radical (unpaired) electrons. The molecule has 6 rings (SSSR count). The average Bonchev–Trinajstić information content (AvgIpc) is 3.86. The zero-order valence-corrected chi connectivity index (χ0v) is 28.8. The van der Waals surface area contributed by atoms with Gasteiger partial charge in [-0.3, -0.25) is 19.3 Å². The Kier molecular flexibility index (Phi) is 11.3. The van der Waals surface area contributed by atoms with Crippen LogP contribution in [0.2, 0.25) is 0 Å². The Labute approximate surface area is 294 Å². The van der Waals surface area contributed by atoms with Gasteiger partial charge in [0.2, 0.25) is 0 Å². The van der Waals surface area contributed by atoms with Crippen LogP contribution in [-0.2, 0) is 12.6 Å². The molecule has 3 atom stereocenters. The minimum Gasteiger partial charge on any atom is -0.374 e. The van der Waals surface area contributed by atoms with Gasteiger partial charge in [0.1, 0.15) is 11.5 Å². The smallest absolute Gasteiger partial charge is 0.374 e. The predicted molar refractivity (Wildman–Crippen MR) is 189 cm³/mol. The number of aryl methyl sites for hydroxylation is 1. The highest BCUT2D eigenvalue weighted by Gasteiger charge is 2.34. The molecule has 2 fully saturated rings. The summed E-state index contributed by atoms with van der Waals surface area (Å²) in [5.74, 6) is 0.403. The van der Waals surface area contributed by atoms with Crippen molar-refractivity contribution in [2.24, 2.45) is 11.7 Å². The van der Waals surface area contributed by atoms with Crippen molar-refractivity contribution >= 4 is 16.9 Å². The lowest BCUT2D eigenvalue weighted by atomic mass is 9.88. The van der Waals surface area contributed by atoms with Crippen molar-refractivity contribution < 1.29 is 22.0 Å². The van der Waals surface area contributed by atoms with Crippen LogP contribution in [0.15, 0.2) is 53.5 Å². The number of halogens is 5. The van der Waals surface area contributed by atoms with E-state index in [1.54, 1.807) is 31.2 Å². The van der Waals surface area contributed by atoms with Crippen LogP contribution in [0.3, 0.4) is 0 Å². The van der Waals surface area contributed by atoms with Crippen LogP contribution in [0.25, 0.3) is 28.0 Å². The van der Waals surface area contributed by atoms with Crippen molar-refractivity contribution in [2.45, 2.75) is 95.4 Å². The minimum atomic E-state index is -4.54. The first kappa shape index (κ1) is 36.7. The number of alkyl halides is 4. The van der Waals surface area contributed by atoms with Crippen molar-refractivity contribution in [3.63, 3.8) is 0 Å². The van der Waals surface area contributed by atoms with Crippen molar-refractivity contribution in [1.82, 2.24) is 24.8 Å². The number of likely N-dealkylation sites (tertiary alicyclic amines) is 1. The van der Waals surface area contributed by atoms with E-state index >= 15 is 4.39 Å². The molecule has 1 saturated heterocycles. The van der Waals surface area contributed by atoms with Crippen LogP contribution in [0.1, 0.15) is 87.4 Å². The summed E-state index contributed by atoms with van der Waals surface area (Å²) in [5.41, 5.74) is 6.98. The zero-order valence-electron chi connectivity index (χ0n) is 28.8. The molecule has 2 aromatic heterocycles. The third-order valence-electron chi connectivity index (χ3n) is 10.3. The highest BCUT2D eigenvalue weighted by atomic mass is 19.4. The predicted octanol–water partition coefficient (Wildman–Crippen LogP) is 7.83. The van der Waals surface area contributed by atoms with Crippen molar-refractivity contribution in [3.05, 3.63) is 81.7 Å². The maximum absolute atomic E-state index is 15.9. The van der Waals surface area contributed by atoms with Crippen LogP contribution in [0.5, 0.6) is 0 Å². The normalized spacial score (nSPS) is 19.0. The summed E-state index contributed by atoms with van der Waals surface area (Å²) in [4.78, 5) is 22.5. The van der Waals surface area contributed by atoms with E-state index in [0.717, 1.165) is 44.6 Å². The molecule has 1 aliphatic carbocycles. The van der Waals surface area contributed by atoms with E-state index in [1.165, 1.54) is 22.9 Å². The van der Waals surface area contributed by atoms with Crippen molar-refractivity contribution in [3.8, 4) is 16.9 Å². The van der Waals surface area contributed by atoms with Gasteiger partial charge in [-0.25, -0.2) is 9.18 Å². The van der Waals surface area contributed by atoms with Gasteiger partial charge in [0.05, 0.1) is 23.8 Å². The Morgan fingerprint density at radius 1 is 1.12 bits per heavy atom. The summed E-state index contributed by atoms with van der Waals surface area (Å²) >= 11 is 0. The lowest BCUT2D eigenvalue weighted by molar-refractivity contribution is -0.137. The zero-order chi connectivity index (χ0) is 36.3. The van der Waals surface area contributed by atoms with Gasteiger partial charge < -0.3 is 16.0 Å². The number of nitrogens with zero attached hydrogens (tertiary/aromatic N) is 3. The number of hydrogen-bond donors (Lipinski definition) is 4. The summed E-state index contributed by atoms with van der Waals surface area (Å²) in [6.07, 6.45) is 4.66. The second-order valence-corrected chi connectivity index (χ2v) is 14.1. The fourth-order valence-corrected chi connectivity index (χ4v) is 7.51. The number of H-pyrrole nitrogens is 1. The number of aromatic amines is 1. The van der Waals surface area contributed by atoms with Gasteiger partial charge in [0, 0.05) is 54.1 Å². The van der Waals surface area contributed by atoms with Gasteiger partial charge in [-0.1, -0.05) is 6.07 Å². The van der Waals surface area contributed by atoms with Crippen molar-refractivity contribution in [2.75, 3.05) is 19.8 Å². The van der Waals surface area contributed by atoms with Gasteiger partial charge in [-0.15, -0.1) is 0 Å². The van der Waals surface area contributed by atoms with E-state index in [2.05, 4.69) is 20.2 Å². The number of nitrogens with two attached hydrogens (primary N) is 1. The number of hydrogen-bond acceptors (Lipinski definition) is 5. The average molecular weight is 712 g/mol. The molecule has 1 saturated carbocycles. The first-order valence-electron chi connectivity index (χ1n) is 17.9. The quantitative estimate of drug-likeness (QED) is 0.0605. The Hall–Kier alpha value is -4.10. The maximum Gasteiger partial charge on any atom is 0.416 e. The molecule has 1 aliphatic heterocycles. The molecule has 0 bridgehead atoms. The molecule has 2 aromatic carbocycles. The number of piperidine rings is 1. The molecule has 3 heterocycles. The topological polar surface area (TPSA) is 116 Å². The SMILES string of the molecule is CC(=N)NCC[C@@H]1CCC[C@@H](c2ccc(-n3cc4cc(-c5cc(CCC[C@@H](N)C6CC6)cc(C(F)(F)F)c5)[nH]c4nc3=O)cc2F)N1CCCF. The number of rotatable bonds is 14. The highest BCUT2D eigenvalue weighted by Crippen LogP contribution is 2.38. The molecule has 51 heavy (non-hydrogen) atoms. The first-order valence-corrected chi connectivity index (χ1v) is 17.9. The molecule has 0 unspecified atom stereocenters. The van der Waals surface area contributed by atoms with E-state index < -0.39 is 29.9 Å². The third kappa shape index (κ3) is 8.86. The van der Waals surface area contributed by atoms with Crippen LogP contribution >= 0.6 is 0 Å². The van der Waals surface area contributed by atoms with Crippen LogP contribution in [0, 0.1) is 17.1 Å². The van der Waals surface area contributed by atoms with Crippen LogP contribution in [-0.4, -0.2) is 57.1 Å². The van der Waals surface area contributed by atoms with E-state index in [1.807, 2.05) is 0 Å². The summed E-state index contributed by atoms with van der Waals surface area (Å²) in [5, 5.41) is 11.2. The fraction of sp³-hybridized carbons (Fsp3) is 0.500. The lowest BCUT2D eigenvalue weighted by Gasteiger charge is -2.43. The molecule has 5 N–H and O–H groups in total. The lowest BCUT2D eigenvalue weighted by Crippen LogP contribution is -2.44. The van der Waals surface area contributed by atoms with Crippen molar-refractivity contribution in [1.29, 1.82) is 5.41 Å². The third-order valence-corrected chi connectivity index (χ3v) is 10.3. The fourth-order valence-electron chi connectivity index (χ4n) is 7.51. The summed E-state index contributed by atoms with van der Waals surface area (Å²) < 4.78 is 72.2. The standard InChI is InChI=1S/C38H46F5N7O/c1-23(44)46-15-13-29-6-3-8-35(49(29)16-4-14-39)31-12-11-30(21-32(31)40)50-22-27-20-34(47-36(27)48-37(50)51)26-17-24(18-28(19-26)38(41,42)43)5-2-7-33(45)25-9-10-25/h11-12,17-22,25,29,33,35H,2-10,13-16,45H2,1H3,(H2,44,46)(H,47,48,51)/t29-,33+,35-/m0/s1. The van der Waals surface area contributed by atoms with Crippen LogP contribution < -0.4 is 16.7 Å². The molecule has 13 heteroatoms. The van der Waals surface area contributed by atoms with Gasteiger partial charge >= 0.3 is 11.9 Å². The second kappa shape index (κ2) is 15.6. The van der Waals surface area contributed by atoms with Gasteiger partial charge in [-0.2, -0.15) is 18.2 Å². The van der Waals surface area contributed by atoms with Crippen LogP contribution in [0.4, 0.5) is 22.0 Å². The Bertz CT molecular complexity index is 1900. The minimum absolute atomic E-state index is 0.0744. The number of aromatic nitrogens is 3. The molecule has 274 valence electrons. The molecular weight excluding hydrogens is 665 g/mol. The largest absolute Gasteiger partial charge is 0.416 e. The Morgan fingerprint density at radius 3 is 2.63 bits per heavy atom. The number of fused-ring (bicyclic) bond motifs is 1. The molecule has 4 aromatic rings. The highest BCUT2D eigenvalue weighted by molar-refractivity contribution is 5.83. The molecule has 8 nitrogen and oxygen atoms in total. The van der Waals surface area contributed by atoms with Gasteiger partial charge in [0.15, 0.2) is 0 Å². The monoisotopic (exact) mass is 711 g/mol. The van der Waals surface area contributed by atoms with E-state index in [4.69, 9.17) is 11.1 Å². The molecule has 0 amide bonds.